The van der Waals surface area contributed by atoms with Crippen molar-refractivity contribution in [2.45, 2.75) is 5.16 Å². The molecule has 1 amide bonds. The molecule has 34 heavy (non-hydrogen) atoms. The van der Waals surface area contributed by atoms with Crippen LogP contribution in [0.4, 0.5) is 15.8 Å². The SMILES string of the molecule is N#Cc1ccc(-n2c(SCC(=O)Nc3cc([N+](=O)[O-])ccc3F)nc3ccccc3c2=O)cc1. The van der Waals surface area contributed by atoms with E-state index in [1.54, 1.807) is 48.5 Å². The zero-order valence-corrected chi connectivity index (χ0v) is 18.1. The number of fused-ring (bicyclic) bond motifs is 1. The molecule has 0 saturated carbocycles. The number of nitrogens with zero attached hydrogens (tertiary/aromatic N) is 4. The van der Waals surface area contributed by atoms with Crippen molar-refractivity contribution < 1.29 is 14.1 Å². The van der Waals surface area contributed by atoms with Crippen LogP contribution in [0.5, 0.6) is 0 Å². The van der Waals surface area contributed by atoms with E-state index in [4.69, 9.17) is 5.26 Å². The number of para-hydroxylation sites is 1. The Morgan fingerprint density at radius 1 is 1.18 bits per heavy atom. The van der Waals surface area contributed by atoms with Crippen LogP contribution in [-0.2, 0) is 4.79 Å². The first-order valence-corrected chi connectivity index (χ1v) is 10.7. The lowest BCUT2D eigenvalue weighted by atomic mass is 10.2. The molecule has 4 aromatic rings. The summed E-state index contributed by atoms with van der Waals surface area (Å²) >= 11 is 0.943. The maximum absolute atomic E-state index is 14.0. The van der Waals surface area contributed by atoms with Crippen molar-refractivity contribution in [2.75, 3.05) is 11.1 Å². The molecular weight excluding hydrogens is 461 g/mol. The van der Waals surface area contributed by atoms with E-state index in [1.165, 1.54) is 4.57 Å². The normalized spacial score (nSPS) is 10.6. The van der Waals surface area contributed by atoms with Gasteiger partial charge in [0.25, 0.3) is 11.2 Å². The number of thioether (sulfide) groups is 1. The zero-order valence-electron chi connectivity index (χ0n) is 17.3. The molecule has 1 N–H and O–H groups in total. The van der Waals surface area contributed by atoms with Crippen molar-refractivity contribution in [3.8, 4) is 11.8 Å². The molecule has 0 aliphatic heterocycles. The fraction of sp³-hybridized carbons (Fsp3) is 0.0435. The van der Waals surface area contributed by atoms with Crippen LogP contribution in [0.25, 0.3) is 16.6 Å². The Kier molecular flexibility index (Phi) is 6.33. The van der Waals surface area contributed by atoms with E-state index >= 15 is 0 Å². The van der Waals surface area contributed by atoms with Gasteiger partial charge >= 0.3 is 0 Å². The molecule has 0 spiro atoms. The third-order valence-electron chi connectivity index (χ3n) is 4.77. The predicted molar refractivity (Wildman–Crippen MR) is 124 cm³/mol. The Labute approximate surface area is 195 Å². The predicted octanol–water partition coefficient (Wildman–Crippen LogP) is 4.04. The molecule has 0 unspecified atom stereocenters. The molecule has 3 aromatic carbocycles. The Morgan fingerprint density at radius 2 is 1.91 bits per heavy atom. The molecule has 1 aromatic heterocycles. The second kappa shape index (κ2) is 9.51. The number of carbonyl (C=O) groups excluding carboxylic acids is 1. The molecule has 0 atom stereocenters. The maximum Gasteiger partial charge on any atom is 0.271 e. The summed E-state index contributed by atoms with van der Waals surface area (Å²) in [6.07, 6.45) is 0. The Morgan fingerprint density at radius 3 is 2.62 bits per heavy atom. The van der Waals surface area contributed by atoms with E-state index < -0.39 is 16.6 Å². The summed E-state index contributed by atoms with van der Waals surface area (Å²) in [4.78, 5) is 40.4. The number of hydrogen-bond donors (Lipinski definition) is 1. The summed E-state index contributed by atoms with van der Waals surface area (Å²) in [5.41, 5.74) is 0.256. The number of non-ortho nitro benzene ring substituents is 1. The third kappa shape index (κ3) is 4.62. The standard InChI is InChI=1S/C23H14FN5O4S/c24-18-10-9-16(29(32)33)11-20(18)26-21(30)13-34-23-27-19-4-2-1-3-17(19)22(31)28(23)15-7-5-14(12-25)6-8-15/h1-11H,13H2,(H,26,30). The van der Waals surface area contributed by atoms with E-state index in [9.17, 15) is 24.1 Å². The third-order valence-corrected chi connectivity index (χ3v) is 5.71. The monoisotopic (exact) mass is 475 g/mol. The van der Waals surface area contributed by atoms with Crippen molar-refractivity contribution >= 4 is 39.9 Å². The quantitative estimate of drug-likeness (QED) is 0.193. The summed E-state index contributed by atoms with van der Waals surface area (Å²) in [6, 6.07) is 17.9. The number of amides is 1. The number of nitriles is 1. The second-order valence-corrected chi connectivity index (χ2v) is 7.91. The molecule has 0 bridgehead atoms. The van der Waals surface area contributed by atoms with Crippen LogP contribution in [0.1, 0.15) is 5.56 Å². The maximum atomic E-state index is 14.0. The first-order valence-electron chi connectivity index (χ1n) is 9.76. The van der Waals surface area contributed by atoms with Crippen molar-refractivity contribution in [1.82, 2.24) is 9.55 Å². The number of nitro groups is 1. The average molecular weight is 475 g/mol. The molecule has 0 aliphatic carbocycles. The van der Waals surface area contributed by atoms with E-state index in [0.29, 0.717) is 22.2 Å². The number of carbonyl (C=O) groups is 1. The van der Waals surface area contributed by atoms with Crippen molar-refractivity contribution in [3.05, 3.63) is 98.6 Å². The molecule has 168 valence electrons. The van der Waals surface area contributed by atoms with Crippen LogP contribution in [0.3, 0.4) is 0 Å². The van der Waals surface area contributed by atoms with E-state index in [0.717, 1.165) is 30.0 Å². The van der Waals surface area contributed by atoms with E-state index in [1.807, 2.05) is 6.07 Å². The van der Waals surface area contributed by atoms with Gasteiger partial charge in [-0.1, -0.05) is 23.9 Å². The van der Waals surface area contributed by atoms with Gasteiger partial charge in [0.1, 0.15) is 5.82 Å². The lowest BCUT2D eigenvalue weighted by Gasteiger charge is -2.13. The molecule has 0 fully saturated rings. The summed E-state index contributed by atoms with van der Waals surface area (Å²) in [6.45, 7) is 0. The molecule has 0 saturated heterocycles. The van der Waals surface area contributed by atoms with Crippen LogP contribution >= 0.6 is 11.8 Å². The molecular formula is C23H14FN5O4S. The highest BCUT2D eigenvalue weighted by Gasteiger charge is 2.17. The van der Waals surface area contributed by atoms with Gasteiger partial charge in [0.15, 0.2) is 5.16 Å². The lowest BCUT2D eigenvalue weighted by Crippen LogP contribution is -2.23. The number of nitro benzene ring substituents is 1. The van der Waals surface area contributed by atoms with Gasteiger partial charge in [-0.2, -0.15) is 5.26 Å². The van der Waals surface area contributed by atoms with Gasteiger partial charge in [0.05, 0.1) is 44.6 Å². The topological polar surface area (TPSA) is 131 Å². The number of rotatable bonds is 6. The first kappa shape index (κ1) is 22.6. The largest absolute Gasteiger partial charge is 0.323 e. The van der Waals surface area contributed by atoms with Crippen molar-refractivity contribution in [2.24, 2.45) is 0 Å². The Bertz CT molecular complexity index is 1530. The van der Waals surface area contributed by atoms with Crippen LogP contribution in [0.2, 0.25) is 0 Å². The van der Waals surface area contributed by atoms with Crippen LogP contribution in [0, 0.1) is 27.3 Å². The number of nitrogens with one attached hydrogen (secondary N) is 1. The summed E-state index contributed by atoms with van der Waals surface area (Å²) in [7, 11) is 0. The second-order valence-electron chi connectivity index (χ2n) is 6.97. The first-order chi connectivity index (χ1) is 16.4. The number of aromatic nitrogens is 2. The van der Waals surface area contributed by atoms with Gasteiger partial charge in [-0.15, -0.1) is 0 Å². The van der Waals surface area contributed by atoms with Gasteiger partial charge in [-0.25, -0.2) is 9.37 Å². The fourth-order valence-electron chi connectivity index (χ4n) is 3.16. The highest BCUT2D eigenvalue weighted by molar-refractivity contribution is 7.99. The van der Waals surface area contributed by atoms with Crippen molar-refractivity contribution in [1.29, 1.82) is 5.26 Å². The molecule has 11 heteroatoms. The lowest BCUT2D eigenvalue weighted by molar-refractivity contribution is -0.384. The highest BCUT2D eigenvalue weighted by atomic mass is 32.2. The van der Waals surface area contributed by atoms with Crippen LogP contribution in [0.15, 0.2) is 76.7 Å². The molecule has 4 rings (SSSR count). The average Bonchev–Trinajstić information content (AvgIpc) is 2.84. The van der Waals surface area contributed by atoms with E-state index in [-0.39, 0.29) is 27.8 Å². The number of halogens is 1. The number of benzene rings is 3. The number of anilines is 1. The fourth-order valence-corrected chi connectivity index (χ4v) is 3.97. The Balaban J connectivity index is 1.65. The van der Waals surface area contributed by atoms with E-state index in [2.05, 4.69) is 10.3 Å². The van der Waals surface area contributed by atoms with Gasteiger partial charge in [-0.3, -0.25) is 24.3 Å². The van der Waals surface area contributed by atoms with Gasteiger partial charge in [0.2, 0.25) is 5.91 Å². The number of hydrogen-bond acceptors (Lipinski definition) is 7. The zero-order chi connectivity index (χ0) is 24.2. The Hall–Kier alpha value is -4.56. The minimum atomic E-state index is -0.817. The summed E-state index contributed by atoms with van der Waals surface area (Å²) in [5, 5.41) is 22.9. The van der Waals surface area contributed by atoms with Crippen LogP contribution < -0.4 is 10.9 Å². The molecule has 9 nitrogen and oxygen atoms in total. The minimum absolute atomic E-state index is 0.211. The smallest absolute Gasteiger partial charge is 0.271 e. The van der Waals surface area contributed by atoms with Crippen molar-refractivity contribution in [3.63, 3.8) is 0 Å². The highest BCUT2D eigenvalue weighted by Crippen LogP contribution is 2.24. The molecule has 0 radical (unpaired) electrons. The van der Waals surface area contributed by atoms with Gasteiger partial charge in [-0.05, 0) is 42.5 Å². The summed E-state index contributed by atoms with van der Waals surface area (Å²) in [5.74, 6) is -1.70. The molecule has 1 heterocycles. The molecule has 0 aliphatic rings. The van der Waals surface area contributed by atoms with Gasteiger partial charge < -0.3 is 5.32 Å². The van der Waals surface area contributed by atoms with Crippen LogP contribution in [-0.4, -0.2) is 26.1 Å². The summed E-state index contributed by atoms with van der Waals surface area (Å²) < 4.78 is 15.3. The minimum Gasteiger partial charge on any atom is -0.323 e. The van der Waals surface area contributed by atoms with Gasteiger partial charge in [0, 0.05) is 12.1 Å².